The quantitative estimate of drug-likeness (QED) is 0.499. The summed E-state index contributed by atoms with van der Waals surface area (Å²) in [5.74, 6) is 0. The third-order valence-corrected chi connectivity index (χ3v) is 1.91. The molecule has 0 spiro atoms. The SMILES string of the molecule is CC(C)(C)N1CNC(N)C1. The van der Waals surface area contributed by atoms with Crippen molar-refractivity contribution in [3.8, 4) is 0 Å². The molecule has 1 fully saturated rings. The first-order valence-corrected chi connectivity index (χ1v) is 3.74. The summed E-state index contributed by atoms with van der Waals surface area (Å²) in [6.45, 7) is 8.49. The molecule has 0 aromatic heterocycles. The van der Waals surface area contributed by atoms with Gasteiger partial charge in [-0.2, -0.15) is 0 Å². The van der Waals surface area contributed by atoms with Gasteiger partial charge in [0.15, 0.2) is 0 Å². The van der Waals surface area contributed by atoms with Crippen LogP contribution in [0.15, 0.2) is 0 Å². The molecular formula is C7H17N3. The third-order valence-electron chi connectivity index (χ3n) is 1.91. The number of hydrogen-bond acceptors (Lipinski definition) is 3. The molecule has 1 aliphatic heterocycles. The van der Waals surface area contributed by atoms with Crippen molar-refractivity contribution in [1.29, 1.82) is 0 Å². The molecule has 3 N–H and O–H groups in total. The lowest BCUT2D eigenvalue weighted by Crippen LogP contribution is -2.40. The second-order valence-corrected chi connectivity index (χ2v) is 3.86. The van der Waals surface area contributed by atoms with Gasteiger partial charge >= 0.3 is 0 Å². The Morgan fingerprint density at radius 2 is 2.10 bits per heavy atom. The monoisotopic (exact) mass is 143 g/mol. The zero-order valence-electron chi connectivity index (χ0n) is 7.02. The predicted molar refractivity (Wildman–Crippen MR) is 42.4 cm³/mol. The van der Waals surface area contributed by atoms with Gasteiger partial charge in [0.05, 0.1) is 6.17 Å². The Morgan fingerprint density at radius 1 is 1.50 bits per heavy atom. The molecule has 0 aromatic carbocycles. The summed E-state index contributed by atoms with van der Waals surface area (Å²) in [5, 5.41) is 3.18. The average molecular weight is 143 g/mol. The van der Waals surface area contributed by atoms with Crippen molar-refractivity contribution in [1.82, 2.24) is 10.2 Å². The highest BCUT2D eigenvalue weighted by Gasteiger charge is 2.27. The summed E-state index contributed by atoms with van der Waals surface area (Å²) in [4.78, 5) is 2.33. The van der Waals surface area contributed by atoms with Crippen LogP contribution >= 0.6 is 0 Å². The van der Waals surface area contributed by atoms with Crippen LogP contribution in [0.1, 0.15) is 20.8 Å². The first kappa shape index (κ1) is 7.98. The van der Waals surface area contributed by atoms with Crippen LogP contribution in [-0.4, -0.2) is 29.8 Å². The van der Waals surface area contributed by atoms with Crippen molar-refractivity contribution in [2.24, 2.45) is 5.73 Å². The van der Waals surface area contributed by atoms with E-state index in [1.54, 1.807) is 0 Å². The van der Waals surface area contributed by atoms with E-state index in [2.05, 4.69) is 31.0 Å². The smallest absolute Gasteiger partial charge is 0.0688 e. The van der Waals surface area contributed by atoms with Crippen molar-refractivity contribution < 1.29 is 0 Å². The Bertz CT molecular complexity index is 117. The van der Waals surface area contributed by atoms with Gasteiger partial charge in [0.2, 0.25) is 0 Å². The highest BCUT2D eigenvalue weighted by atomic mass is 15.4. The molecule has 0 aliphatic carbocycles. The molecule has 10 heavy (non-hydrogen) atoms. The lowest BCUT2D eigenvalue weighted by atomic mass is 10.1. The van der Waals surface area contributed by atoms with Gasteiger partial charge in [-0.05, 0) is 20.8 Å². The first-order valence-electron chi connectivity index (χ1n) is 3.74. The molecule has 3 heteroatoms. The van der Waals surface area contributed by atoms with Crippen LogP contribution < -0.4 is 11.1 Å². The average Bonchev–Trinajstić information content (AvgIpc) is 2.11. The lowest BCUT2D eigenvalue weighted by Gasteiger charge is -2.30. The summed E-state index contributed by atoms with van der Waals surface area (Å²) in [6, 6.07) is 0. The van der Waals surface area contributed by atoms with E-state index in [1.807, 2.05) is 0 Å². The minimum absolute atomic E-state index is 0.166. The van der Waals surface area contributed by atoms with Crippen LogP contribution in [-0.2, 0) is 0 Å². The number of nitrogens with one attached hydrogen (secondary N) is 1. The molecule has 0 saturated carbocycles. The Labute approximate surface area is 62.6 Å². The van der Waals surface area contributed by atoms with Gasteiger partial charge in [-0.3, -0.25) is 10.2 Å². The zero-order valence-corrected chi connectivity index (χ0v) is 7.02. The summed E-state index contributed by atoms with van der Waals surface area (Å²) in [7, 11) is 0. The summed E-state index contributed by atoms with van der Waals surface area (Å²) >= 11 is 0. The second kappa shape index (κ2) is 2.49. The molecule has 1 unspecified atom stereocenters. The predicted octanol–water partition coefficient (Wildman–Crippen LogP) is -0.0676. The molecule has 1 heterocycles. The van der Waals surface area contributed by atoms with Crippen LogP contribution in [0.25, 0.3) is 0 Å². The molecule has 1 atom stereocenters. The standard InChI is InChI=1S/C7H17N3/c1-7(2,3)10-4-6(8)9-5-10/h6,9H,4-5,8H2,1-3H3. The third kappa shape index (κ3) is 1.68. The highest BCUT2D eigenvalue weighted by molar-refractivity contribution is 4.83. The fraction of sp³-hybridized carbons (Fsp3) is 1.00. The van der Waals surface area contributed by atoms with Gasteiger partial charge in [0.25, 0.3) is 0 Å². The molecule has 0 amide bonds. The van der Waals surface area contributed by atoms with E-state index in [9.17, 15) is 0 Å². The van der Waals surface area contributed by atoms with Crippen LogP contribution in [0.4, 0.5) is 0 Å². The number of nitrogens with two attached hydrogens (primary N) is 1. The van der Waals surface area contributed by atoms with Crippen molar-refractivity contribution in [2.45, 2.75) is 32.5 Å². The van der Waals surface area contributed by atoms with E-state index < -0.39 is 0 Å². The van der Waals surface area contributed by atoms with Crippen molar-refractivity contribution in [2.75, 3.05) is 13.2 Å². The largest absolute Gasteiger partial charge is 0.315 e. The second-order valence-electron chi connectivity index (χ2n) is 3.86. The highest BCUT2D eigenvalue weighted by Crippen LogP contribution is 2.14. The molecule has 0 aromatic rings. The van der Waals surface area contributed by atoms with Crippen molar-refractivity contribution in [3.63, 3.8) is 0 Å². The minimum atomic E-state index is 0.166. The van der Waals surface area contributed by atoms with Gasteiger partial charge in [0.1, 0.15) is 0 Å². The number of nitrogens with zero attached hydrogens (tertiary/aromatic N) is 1. The fourth-order valence-electron chi connectivity index (χ4n) is 1.11. The maximum atomic E-state index is 5.67. The number of rotatable bonds is 0. The lowest BCUT2D eigenvalue weighted by molar-refractivity contribution is 0.170. The van der Waals surface area contributed by atoms with Gasteiger partial charge in [-0.25, -0.2) is 0 Å². The molecule has 3 nitrogen and oxygen atoms in total. The Hall–Kier alpha value is -0.120. The first-order chi connectivity index (χ1) is 4.50. The van der Waals surface area contributed by atoms with Crippen LogP contribution in [0.2, 0.25) is 0 Å². The minimum Gasteiger partial charge on any atom is -0.315 e. The van der Waals surface area contributed by atoms with Crippen molar-refractivity contribution >= 4 is 0 Å². The van der Waals surface area contributed by atoms with Crippen LogP contribution in [0, 0.1) is 0 Å². The Balaban J connectivity index is 2.45. The van der Waals surface area contributed by atoms with Crippen molar-refractivity contribution in [3.05, 3.63) is 0 Å². The molecule has 0 radical (unpaired) electrons. The van der Waals surface area contributed by atoms with E-state index in [1.165, 1.54) is 0 Å². The van der Waals surface area contributed by atoms with E-state index in [0.717, 1.165) is 13.2 Å². The molecule has 1 rings (SSSR count). The molecule has 1 aliphatic rings. The maximum Gasteiger partial charge on any atom is 0.0688 e. The van der Waals surface area contributed by atoms with Crippen LogP contribution in [0.5, 0.6) is 0 Å². The molecule has 0 bridgehead atoms. The van der Waals surface area contributed by atoms with E-state index in [0.29, 0.717) is 0 Å². The summed E-state index contributed by atoms with van der Waals surface area (Å²) < 4.78 is 0. The van der Waals surface area contributed by atoms with Gasteiger partial charge < -0.3 is 5.73 Å². The summed E-state index contributed by atoms with van der Waals surface area (Å²) in [5.41, 5.74) is 5.92. The van der Waals surface area contributed by atoms with Crippen LogP contribution in [0.3, 0.4) is 0 Å². The van der Waals surface area contributed by atoms with Gasteiger partial charge in [0, 0.05) is 18.8 Å². The van der Waals surface area contributed by atoms with E-state index in [4.69, 9.17) is 5.73 Å². The molecule has 60 valence electrons. The number of hydrogen-bond donors (Lipinski definition) is 2. The summed E-state index contributed by atoms with van der Waals surface area (Å²) in [6.07, 6.45) is 0.166. The fourth-order valence-corrected chi connectivity index (χ4v) is 1.11. The maximum absolute atomic E-state index is 5.67. The zero-order chi connectivity index (χ0) is 7.78. The molecular weight excluding hydrogens is 126 g/mol. The Morgan fingerprint density at radius 3 is 2.30 bits per heavy atom. The normalized spacial score (nSPS) is 29.4. The van der Waals surface area contributed by atoms with Gasteiger partial charge in [-0.1, -0.05) is 0 Å². The topological polar surface area (TPSA) is 41.3 Å². The molecule has 1 saturated heterocycles. The van der Waals surface area contributed by atoms with E-state index in [-0.39, 0.29) is 11.7 Å². The van der Waals surface area contributed by atoms with E-state index >= 15 is 0 Å². The van der Waals surface area contributed by atoms with Gasteiger partial charge in [-0.15, -0.1) is 0 Å². The Kier molecular flexibility index (Phi) is 1.99.